The SMILES string of the molecule is NNC(Cc1ccc(Cl)c(Cl)c1)c1ccc(Br)cc1F. The first-order valence-electron chi connectivity index (χ1n) is 5.86. The first-order valence-corrected chi connectivity index (χ1v) is 7.41. The molecule has 0 radical (unpaired) electrons. The monoisotopic (exact) mass is 376 g/mol. The molecule has 0 aliphatic heterocycles. The van der Waals surface area contributed by atoms with Crippen LogP contribution in [0.4, 0.5) is 4.39 Å². The van der Waals surface area contributed by atoms with Gasteiger partial charge in [0.25, 0.3) is 0 Å². The van der Waals surface area contributed by atoms with Crippen LogP contribution in [0.15, 0.2) is 40.9 Å². The van der Waals surface area contributed by atoms with Crippen LogP contribution >= 0.6 is 39.1 Å². The summed E-state index contributed by atoms with van der Waals surface area (Å²) in [5.74, 6) is 5.22. The maximum atomic E-state index is 14.0. The van der Waals surface area contributed by atoms with Crippen molar-refractivity contribution in [2.24, 2.45) is 5.84 Å². The molecule has 0 heterocycles. The minimum atomic E-state index is -0.347. The highest BCUT2D eigenvalue weighted by atomic mass is 79.9. The quantitative estimate of drug-likeness (QED) is 0.601. The Labute approximate surface area is 135 Å². The molecule has 0 saturated heterocycles. The van der Waals surface area contributed by atoms with Crippen LogP contribution in [0.1, 0.15) is 17.2 Å². The number of hydrazine groups is 1. The Bertz CT molecular complexity index is 622. The lowest BCUT2D eigenvalue weighted by molar-refractivity contribution is 0.510. The van der Waals surface area contributed by atoms with Crippen molar-refractivity contribution in [3.05, 3.63) is 67.9 Å². The molecule has 0 saturated carbocycles. The van der Waals surface area contributed by atoms with Gasteiger partial charge in [0.2, 0.25) is 0 Å². The number of benzene rings is 2. The Balaban J connectivity index is 2.26. The fraction of sp³-hybridized carbons (Fsp3) is 0.143. The third-order valence-electron chi connectivity index (χ3n) is 2.96. The number of hydrogen-bond donors (Lipinski definition) is 2. The van der Waals surface area contributed by atoms with Crippen molar-refractivity contribution < 1.29 is 4.39 Å². The highest BCUT2D eigenvalue weighted by Gasteiger charge is 2.15. The Morgan fingerprint density at radius 3 is 2.50 bits per heavy atom. The summed E-state index contributed by atoms with van der Waals surface area (Å²) in [6.45, 7) is 0. The number of halogens is 4. The molecule has 20 heavy (non-hydrogen) atoms. The minimum absolute atomic E-state index is 0.317. The summed E-state index contributed by atoms with van der Waals surface area (Å²) in [4.78, 5) is 0. The molecule has 0 spiro atoms. The van der Waals surface area contributed by atoms with Crippen molar-refractivity contribution in [3.8, 4) is 0 Å². The van der Waals surface area contributed by atoms with Crippen molar-refractivity contribution in [3.63, 3.8) is 0 Å². The zero-order chi connectivity index (χ0) is 14.7. The molecule has 106 valence electrons. The van der Waals surface area contributed by atoms with Crippen LogP contribution in [0.3, 0.4) is 0 Å². The lowest BCUT2D eigenvalue weighted by atomic mass is 9.99. The molecule has 2 nitrogen and oxygen atoms in total. The molecular weight excluding hydrogens is 366 g/mol. The highest BCUT2D eigenvalue weighted by Crippen LogP contribution is 2.27. The van der Waals surface area contributed by atoms with E-state index in [0.717, 1.165) is 5.56 Å². The fourth-order valence-electron chi connectivity index (χ4n) is 1.95. The van der Waals surface area contributed by atoms with Crippen molar-refractivity contribution in [1.82, 2.24) is 5.43 Å². The van der Waals surface area contributed by atoms with E-state index in [-0.39, 0.29) is 11.9 Å². The van der Waals surface area contributed by atoms with E-state index >= 15 is 0 Å². The number of rotatable bonds is 4. The molecule has 0 bridgehead atoms. The zero-order valence-electron chi connectivity index (χ0n) is 10.3. The number of nitrogens with two attached hydrogens (primary N) is 1. The van der Waals surface area contributed by atoms with Gasteiger partial charge in [0.1, 0.15) is 5.82 Å². The van der Waals surface area contributed by atoms with E-state index in [1.54, 1.807) is 24.3 Å². The summed E-state index contributed by atoms with van der Waals surface area (Å²) < 4.78 is 14.6. The standard InChI is InChI=1S/C14H12BrCl2FN2/c15-9-2-3-10(13(18)7-9)14(20-19)6-8-1-4-11(16)12(17)5-8/h1-5,7,14,20H,6,19H2. The molecule has 2 aromatic carbocycles. The van der Waals surface area contributed by atoms with Gasteiger partial charge in [0, 0.05) is 10.0 Å². The van der Waals surface area contributed by atoms with Crippen molar-refractivity contribution in [2.45, 2.75) is 12.5 Å². The van der Waals surface area contributed by atoms with Crippen molar-refractivity contribution in [1.29, 1.82) is 0 Å². The molecule has 2 rings (SSSR count). The number of nitrogens with one attached hydrogen (secondary N) is 1. The van der Waals surface area contributed by atoms with E-state index < -0.39 is 0 Å². The van der Waals surface area contributed by atoms with E-state index in [1.165, 1.54) is 6.07 Å². The molecule has 1 unspecified atom stereocenters. The lowest BCUT2D eigenvalue weighted by Crippen LogP contribution is -2.30. The summed E-state index contributed by atoms with van der Waals surface area (Å²) in [7, 11) is 0. The summed E-state index contributed by atoms with van der Waals surface area (Å²) in [5, 5.41) is 0.957. The van der Waals surface area contributed by atoms with Crippen LogP contribution in [0, 0.1) is 5.82 Å². The van der Waals surface area contributed by atoms with Gasteiger partial charge in [-0.3, -0.25) is 11.3 Å². The summed E-state index contributed by atoms with van der Waals surface area (Å²) in [5.41, 5.74) is 4.05. The second-order valence-electron chi connectivity index (χ2n) is 4.34. The van der Waals surface area contributed by atoms with Gasteiger partial charge in [-0.05, 0) is 36.2 Å². The largest absolute Gasteiger partial charge is 0.271 e. The molecule has 1 atom stereocenters. The van der Waals surface area contributed by atoms with E-state index in [1.807, 2.05) is 6.07 Å². The molecule has 0 aromatic heterocycles. The van der Waals surface area contributed by atoms with Crippen molar-refractivity contribution in [2.75, 3.05) is 0 Å². The second-order valence-corrected chi connectivity index (χ2v) is 6.07. The van der Waals surface area contributed by atoms with E-state index in [2.05, 4.69) is 21.4 Å². The fourth-order valence-corrected chi connectivity index (χ4v) is 2.60. The van der Waals surface area contributed by atoms with Crippen LogP contribution in [-0.2, 0) is 6.42 Å². The third-order valence-corrected chi connectivity index (χ3v) is 4.20. The molecule has 0 fully saturated rings. The molecule has 0 aliphatic rings. The van der Waals surface area contributed by atoms with Crippen LogP contribution in [0.5, 0.6) is 0 Å². The Hall–Kier alpha value is -0.650. The van der Waals surface area contributed by atoms with E-state index in [9.17, 15) is 4.39 Å². The average Bonchev–Trinajstić information content (AvgIpc) is 2.41. The first kappa shape index (κ1) is 15.7. The van der Waals surface area contributed by atoms with Crippen LogP contribution in [0.25, 0.3) is 0 Å². The van der Waals surface area contributed by atoms with Gasteiger partial charge >= 0.3 is 0 Å². The van der Waals surface area contributed by atoms with Gasteiger partial charge in [-0.15, -0.1) is 0 Å². The normalized spacial score (nSPS) is 12.4. The maximum Gasteiger partial charge on any atom is 0.129 e. The second kappa shape index (κ2) is 6.87. The van der Waals surface area contributed by atoms with Gasteiger partial charge in [-0.2, -0.15) is 0 Å². The Morgan fingerprint density at radius 2 is 1.90 bits per heavy atom. The summed E-state index contributed by atoms with van der Waals surface area (Å²) >= 11 is 15.1. The summed E-state index contributed by atoms with van der Waals surface area (Å²) in [6, 6.07) is 9.85. The predicted molar refractivity (Wildman–Crippen MR) is 84.3 cm³/mol. The van der Waals surface area contributed by atoms with Gasteiger partial charge in [0.05, 0.1) is 16.1 Å². The third kappa shape index (κ3) is 3.71. The topological polar surface area (TPSA) is 38.0 Å². The van der Waals surface area contributed by atoms with E-state index in [0.29, 0.717) is 26.5 Å². The predicted octanol–water partition coefficient (Wildman–Crippen LogP) is 4.64. The molecule has 0 amide bonds. The van der Waals surface area contributed by atoms with Crippen molar-refractivity contribution >= 4 is 39.1 Å². The van der Waals surface area contributed by atoms with Gasteiger partial charge in [0.15, 0.2) is 0 Å². The number of hydrogen-bond acceptors (Lipinski definition) is 2. The van der Waals surface area contributed by atoms with Gasteiger partial charge in [-0.25, -0.2) is 4.39 Å². The molecule has 3 N–H and O–H groups in total. The first-order chi connectivity index (χ1) is 9.51. The Morgan fingerprint density at radius 1 is 1.15 bits per heavy atom. The average molecular weight is 378 g/mol. The summed E-state index contributed by atoms with van der Waals surface area (Å²) in [6.07, 6.45) is 0.506. The zero-order valence-corrected chi connectivity index (χ0v) is 13.4. The van der Waals surface area contributed by atoms with Crippen LogP contribution in [0.2, 0.25) is 10.0 Å². The molecular formula is C14H12BrCl2FN2. The Kier molecular flexibility index (Phi) is 5.41. The molecule has 2 aromatic rings. The van der Waals surface area contributed by atoms with Crippen LogP contribution in [-0.4, -0.2) is 0 Å². The minimum Gasteiger partial charge on any atom is -0.271 e. The molecule has 0 aliphatic carbocycles. The lowest BCUT2D eigenvalue weighted by Gasteiger charge is -2.17. The van der Waals surface area contributed by atoms with Crippen LogP contribution < -0.4 is 11.3 Å². The molecule has 6 heteroatoms. The van der Waals surface area contributed by atoms with Gasteiger partial charge in [-0.1, -0.05) is 51.3 Å². The van der Waals surface area contributed by atoms with E-state index in [4.69, 9.17) is 29.0 Å². The maximum absolute atomic E-state index is 14.0. The van der Waals surface area contributed by atoms with Gasteiger partial charge < -0.3 is 0 Å². The smallest absolute Gasteiger partial charge is 0.129 e. The highest BCUT2D eigenvalue weighted by molar-refractivity contribution is 9.10.